The molecule has 32 heavy (non-hydrogen) atoms. The fourth-order valence-corrected chi connectivity index (χ4v) is 4.06. The third-order valence-electron chi connectivity index (χ3n) is 4.71. The summed E-state index contributed by atoms with van der Waals surface area (Å²) in [4.78, 5) is 12.6. The molecule has 2 aromatic carbocycles. The van der Waals surface area contributed by atoms with Crippen LogP contribution in [0.25, 0.3) is 11.4 Å². The van der Waals surface area contributed by atoms with Crippen LogP contribution in [0, 0.1) is 18.3 Å². The molecule has 0 saturated carbocycles. The normalized spacial score (nSPS) is 10.7. The zero-order valence-electron chi connectivity index (χ0n) is 17.1. The monoisotopic (exact) mass is 463 g/mol. The first-order valence-electron chi connectivity index (χ1n) is 9.69. The summed E-state index contributed by atoms with van der Waals surface area (Å²) in [6, 6.07) is 18.6. The van der Waals surface area contributed by atoms with Crippen molar-refractivity contribution in [1.29, 1.82) is 5.26 Å². The number of anilines is 1. The molecule has 1 amide bonds. The van der Waals surface area contributed by atoms with Crippen molar-refractivity contribution in [1.82, 2.24) is 14.8 Å². The highest BCUT2D eigenvalue weighted by molar-refractivity contribution is 7.99. The molecule has 0 fully saturated rings. The number of thioether (sulfide) groups is 1. The lowest BCUT2D eigenvalue weighted by Crippen LogP contribution is -2.15. The summed E-state index contributed by atoms with van der Waals surface area (Å²) in [5.74, 6) is 1.23. The molecule has 0 aliphatic rings. The molecule has 160 valence electrons. The van der Waals surface area contributed by atoms with Crippen LogP contribution in [0.15, 0.2) is 70.4 Å². The Balaban J connectivity index is 1.55. The van der Waals surface area contributed by atoms with Gasteiger partial charge in [0.25, 0.3) is 0 Å². The maximum Gasteiger partial charge on any atom is 0.234 e. The Bertz CT molecular complexity index is 1290. The van der Waals surface area contributed by atoms with Crippen molar-refractivity contribution in [3.8, 4) is 17.5 Å². The minimum atomic E-state index is -0.274. The smallest absolute Gasteiger partial charge is 0.234 e. The van der Waals surface area contributed by atoms with Crippen molar-refractivity contribution >= 4 is 35.0 Å². The highest BCUT2D eigenvalue weighted by Gasteiger charge is 2.19. The van der Waals surface area contributed by atoms with Gasteiger partial charge in [-0.1, -0.05) is 53.7 Å². The standard InChI is InChI=1S/C23H18ClN5O2S/c1-15-19(9-10-31-15)22-27-28-23(29(22)13-16-5-3-2-4-6-16)32-14-21(30)26-20-11-18(24)8-7-17(20)12-25/h2-11H,13-14H2,1H3,(H,26,30). The lowest BCUT2D eigenvalue weighted by atomic mass is 10.2. The molecule has 4 rings (SSSR count). The van der Waals surface area contributed by atoms with Crippen molar-refractivity contribution in [3.63, 3.8) is 0 Å². The summed E-state index contributed by atoms with van der Waals surface area (Å²) in [5.41, 5.74) is 2.66. The van der Waals surface area contributed by atoms with Crippen LogP contribution in [-0.2, 0) is 11.3 Å². The number of carbonyl (C=O) groups excluding carboxylic acids is 1. The van der Waals surface area contributed by atoms with Crippen LogP contribution in [-0.4, -0.2) is 26.4 Å². The van der Waals surface area contributed by atoms with Gasteiger partial charge in [-0.05, 0) is 36.8 Å². The van der Waals surface area contributed by atoms with Gasteiger partial charge in [0.1, 0.15) is 11.8 Å². The molecule has 7 nitrogen and oxygen atoms in total. The predicted molar refractivity (Wildman–Crippen MR) is 124 cm³/mol. The Labute approximate surface area is 194 Å². The molecule has 0 atom stereocenters. The van der Waals surface area contributed by atoms with E-state index in [0.29, 0.717) is 33.8 Å². The summed E-state index contributed by atoms with van der Waals surface area (Å²) in [6.07, 6.45) is 1.62. The molecule has 0 spiro atoms. The van der Waals surface area contributed by atoms with Crippen molar-refractivity contribution in [3.05, 3.63) is 82.8 Å². The maximum absolute atomic E-state index is 12.6. The minimum Gasteiger partial charge on any atom is -0.469 e. The lowest BCUT2D eigenvalue weighted by Gasteiger charge is -2.11. The number of nitriles is 1. The van der Waals surface area contributed by atoms with Crippen LogP contribution in [0.5, 0.6) is 0 Å². The van der Waals surface area contributed by atoms with Crippen molar-refractivity contribution in [2.45, 2.75) is 18.6 Å². The number of halogens is 1. The molecular formula is C23H18ClN5O2S. The third kappa shape index (κ3) is 4.85. The fourth-order valence-electron chi connectivity index (χ4n) is 3.15. The SMILES string of the molecule is Cc1occc1-c1nnc(SCC(=O)Nc2cc(Cl)ccc2C#N)n1Cc1ccccc1. The van der Waals surface area contributed by atoms with Crippen LogP contribution < -0.4 is 5.32 Å². The van der Waals surface area contributed by atoms with Gasteiger partial charge < -0.3 is 9.73 Å². The summed E-state index contributed by atoms with van der Waals surface area (Å²) in [5, 5.41) is 21.7. The summed E-state index contributed by atoms with van der Waals surface area (Å²) >= 11 is 7.26. The second-order valence-corrected chi connectivity index (χ2v) is 8.29. The number of aryl methyl sites for hydroxylation is 1. The average Bonchev–Trinajstić information content (AvgIpc) is 3.38. The number of benzene rings is 2. The van der Waals surface area contributed by atoms with Gasteiger partial charge in [-0.25, -0.2) is 0 Å². The zero-order chi connectivity index (χ0) is 22.5. The average molecular weight is 464 g/mol. The van der Waals surface area contributed by atoms with Gasteiger partial charge in [0.2, 0.25) is 5.91 Å². The van der Waals surface area contributed by atoms with E-state index in [1.807, 2.05) is 54.0 Å². The Kier molecular flexibility index (Phi) is 6.59. The number of nitrogens with zero attached hydrogens (tertiary/aromatic N) is 4. The van der Waals surface area contributed by atoms with E-state index >= 15 is 0 Å². The van der Waals surface area contributed by atoms with Crippen LogP contribution in [0.2, 0.25) is 5.02 Å². The molecule has 2 heterocycles. The topological polar surface area (TPSA) is 96.7 Å². The molecule has 4 aromatic rings. The number of nitrogens with one attached hydrogen (secondary N) is 1. The summed E-state index contributed by atoms with van der Waals surface area (Å²) in [7, 11) is 0. The molecule has 0 bridgehead atoms. The van der Waals surface area contributed by atoms with E-state index in [9.17, 15) is 10.1 Å². The van der Waals surface area contributed by atoms with Gasteiger partial charge in [-0.15, -0.1) is 10.2 Å². The van der Waals surface area contributed by atoms with E-state index in [4.69, 9.17) is 16.0 Å². The summed E-state index contributed by atoms with van der Waals surface area (Å²) < 4.78 is 7.40. The first-order chi connectivity index (χ1) is 15.5. The zero-order valence-corrected chi connectivity index (χ0v) is 18.7. The number of hydrogen-bond donors (Lipinski definition) is 1. The molecule has 9 heteroatoms. The Morgan fingerprint density at radius 2 is 2.03 bits per heavy atom. The molecule has 0 saturated heterocycles. The third-order valence-corrected chi connectivity index (χ3v) is 5.91. The van der Waals surface area contributed by atoms with Crippen LogP contribution in [0.4, 0.5) is 5.69 Å². The highest BCUT2D eigenvalue weighted by Crippen LogP contribution is 2.28. The van der Waals surface area contributed by atoms with Gasteiger partial charge in [-0.3, -0.25) is 9.36 Å². The van der Waals surface area contributed by atoms with Crippen LogP contribution in [0.3, 0.4) is 0 Å². The molecule has 0 aliphatic carbocycles. The van der Waals surface area contributed by atoms with E-state index in [1.54, 1.807) is 24.5 Å². The first kappa shape index (κ1) is 21.7. The van der Waals surface area contributed by atoms with E-state index < -0.39 is 0 Å². The van der Waals surface area contributed by atoms with Crippen LogP contribution >= 0.6 is 23.4 Å². The molecular weight excluding hydrogens is 446 g/mol. The Morgan fingerprint density at radius 3 is 2.75 bits per heavy atom. The predicted octanol–water partition coefficient (Wildman–Crippen LogP) is 5.15. The first-order valence-corrected chi connectivity index (χ1v) is 11.1. The van der Waals surface area contributed by atoms with Gasteiger partial charge in [0, 0.05) is 5.02 Å². The van der Waals surface area contributed by atoms with Crippen molar-refractivity contribution in [2.24, 2.45) is 0 Å². The molecule has 0 radical (unpaired) electrons. The van der Waals surface area contributed by atoms with Gasteiger partial charge in [0.05, 0.1) is 35.4 Å². The van der Waals surface area contributed by atoms with E-state index in [-0.39, 0.29) is 11.7 Å². The Morgan fingerprint density at radius 1 is 1.22 bits per heavy atom. The van der Waals surface area contributed by atoms with Gasteiger partial charge in [0.15, 0.2) is 11.0 Å². The number of amides is 1. The van der Waals surface area contributed by atoms with Crippen molar-refractivity contribution in [2.75, 3.05) is 11.1 Å². The number of aromatic nitrogens is 3. The summed E-state index contributed by atoms with van der Waals surface area (Å²) in [6.45, 7) is 2.42. The highest BCUT2D eigenvalue weighted by atomic mass is 35.5. The van der Waals surface area contributed by atoms with E-state index in [1.165, 1.54) is 11.8 Å². The quantitative estimate of drug-likeness (QED) is 0.380. The Hall–Kier alpha value is -3.54. The maximum atomic E-state index is 12.6. The molecule has 1 N–H and O–H groups in total. The van der Waals surface area contributed by atoms with Gasteiger partial charge in [-0.2, -0.15) is 5.26 Å². The molecule has 2 aromatic heterocycles. The second-order valence-electron chi connectivity index (χ2n) is 6.91. The van der Waals surface area contributed by atoms with Crippen molar-refractivity contribution < 1.29 is 9.21 Å². The molecule has 0 unspecified atom stereocenters. The van der Waals surface area contributed by atoms with E-state index in [2.05, 4.69) is 15.5 Å². The number of furan rings is 1. The van der Waals surface area contributed by atoms with E-state index in [0.717, 1.165) is 16.9 Å². The fraction of sp³-hybridized carbons (Fsp3) is 0.130. The lowest BCUT2D eigenvalue weighted by molar-refractivity contribution is -0.113. The number of hydrogen-bond acceptors (Lipinski definition) is 6. The van der Waals surface area contributed by atoms with Crippen LogP contribution in [0.1, 0.15) is 16.9 Å². The number of rotatable bonds is 7. The number of carbonyl (C=O) groups is 1. The largest absolute Gasteiger partial charge is 0.469 e. The minimum absolute atomic E-state index is 0.0919. The molecule has 0 aliphatic heterocycles. The van der Waals surface area contributed by atoms with Gasteiger partial charge >= 0.3 is 0 Å². The second kappa shape index (κ2) is 9.73.